The Morgan fingerprint density at radius 1 is 1.29 bits per heavy atom. The molecule has 1 aliphatic rings. The summed E-state index contributed by atoms with van der Waals surface area (Å²) >= 11 is 0. The molecule has 1 heterocycles. The second kappa shape index (κ2) is 5.47. The van der Waals surface area contributed by atoms with Crippen molar-refractivity contribution < 1.29 is 16.8 Å². The van der Waals surface area contributed by atoms with E-state index in [0.717, 1.165) is 4.31 Å². The molecule has 1 fully saturated rings. The summed E-state index contributed by atoms with van der Waals surface area (Å²) in [5.41, 5.74) is 1.71. The van der Waals surface area contributed by atoms with Crippen LogP contribution in [-0.4, -0.2) is 47.5 Å². The van der Waals surface area contributed by atoms with Crippen LogP contribution in [0.3, 0.4) is 0 Å². The quantitative estimate of drug-likeness (QED) is 0.881. The molecule has 1 aromatic carbocycles. The van der Waals surface area contributed by atoms with Gasteiger partial charge in [-0.15, -0.1) is 0 Å². The largest absolute Gasteiger partial charge is 0.301 e. The summed E-state index contributed by atoms with van der Waals surface area (Å²) < 4.78 is 52.3. The van der Waals surface area contributed by atoms with Gasteiger partial charge in [0.05, 0.1) is 17.1 Å². The van der Waals surface area contributed by atoms with E-state index in [2.05, 4.69) is 4.72 Å². The molecule has 0 atom stereocenters. The van der Waals surface area contributed by atoms with Crippen LogP contribution in [0.15, 0.2) is 18.2 Å². The van der Waals surface area contributed by atoms with Crippen molar-refractivity contribution in [2.24, 2.45) is 0 Å². The Bertz CT molecular complexity index is 742. The van der Waals surface area contributed by atoms with Crippen LogP contribution in [0.1, 0.15) is 12.0 Å². The van der Waals surface area contributed by atoms with E-state index in [1.807, 2.05) is 0 Å². The van der Waals surface area contributed by atoms with Crippen molar-refractivity contribution in [3.63, 3.8) is 0 Å². The fraction of sp³-hybridized carbons (Fsp3) is 0.500. The second-order valence-electron chi connectivity index (χ2n) is 5.13. The van der Waals surface area contributed by atoms with E-state index < -0.39 is 20.2 Å². The van der Waals surface area contributed by atoms with Crippen LogP contribution in [0.25, 0.3) is 0 Å². The Balaban J connectivity index is 2.31. The summed E-state index contributed by atoms with van der Waals surface area (Å²) in [6.45, 7) is 2.22. The molecule has 1 aromatic rings. The highest BCUT2D eigenvalue weighted by molar-refractivity contribution is 7.93. The first-order valence-electron chi connectivity index (χ1n) is 6.45. The number of sulfonamides is 1. The Hall–Kier alpha value is -1.32. The van der Waals surface area contributed by atoms with Crippen LogP contribution in [0.5, 0.6) is 0 Å². The van der Waals surface area contributed by atoms with Crippen molar-refractivity contribution in [3.05, 3.63) is 23.8 Å². The van der Waals surface area contributed by atoms with Gasteiger partial charge in [-0.1, -0.05) is 0 Å². The van der Waals surface area contributed by atoms with Gasteiger partial charge in [0.15, 0.2) is 0 Å². The minimum absolute atomic E-state index is 0.154. The Morgan fingerprint density at radius 2 is 1.95 bits per heavy atom. The van der Waals surface area contributed by atoms with Gasteiger partial charge in [-0.05, 0) is 37.1 Å². The molecule has 1 N–H and O–H groups in total. The summed E-state index contributed by atoms with van der Waals surface area (Å²) in [5, 5.41) is 0. The van der Waals surface area contributed by atoms with Crippen molar-refractivity contribution in [2.45, 2.75) is 13.3 Å². The number of nitrogens with zero attached hydrogens (tertiary/aromatic N) is 2. The third-order valence-electron chi connectivity index (χ3n) is 3.29. The zero-order chi connectivity index (χ0) is 15.8. The summed E-state index contributed by atoms with van der Waals surface area (Å²) in [6.07, 6.45) is 0.608. The standard InChI is InChI=1S/C12H19N3O4S2/c1-10-9-11(13-21(18,19)14(2)3)5-6-12(10)15-7-4-8-20(15,16)17/h5-6,9,13H,4,7-8H2,1-3H3. The molecule has 0 saturated carbocycles. The lowest BCUT2D eigenvalue weighted by Crippen LogP contribution is -2.29. The van der Waals surface area contributed by atoms with E-state index in [1.54, 1.807) is 25.1 Å². The highest BCUT2D eigenvalue weighted by Gasteiger charge is 2.29. The lowest BCUT2D eigenvalue weighted by atomic mass is 10.2. The van der Waals surface area contributed by atoms with E-state index in [1.165, 1.54) is 18.4 Å². The van der Waals surface area contributed by atoms with E-state index in [-0.39, 0.29) is 5.75 Å². The van der Waals surface area contributed by atoms with Crippen LogP contribution in [0.2, 0.25) is 0 Å². The maximum Gasteiger partial charge on any atom is 0.301 e. The maximum atomic E-state index is 11.9. The molecule has 21 heavy (non-hydrogen) atoms. The molecule has 2 rings (SSSR count). The first-order chi connectivity index (χ1) is 9.63. The van der Waals surface area contributed by atoms with Gasteiger partial charge in [-0.25, -0.2) is 8.42 Å². The molecule has 7 nitrogen and oxygen atoms in total. The van der Waals surface area contributed by atoms with Crippen LogP contribution in [0.4, 0.5) is 11.4 Å². The Morgan fingerprint density at radius 3 is 2.43 bits per heavy atom. The molecular formula is C12H19N3O4S2. The average Bonchev–Trinajstić information content (AvgIpc) is 2.68. The smallest absolute Gasteiger partial charge is 0.271 e. The lowest BCUT2D eigenvalue weighted by Gasteiger charge is -2.20. The molecule has 1 aliphatic heterocycles. The number of hydrogen-bond donors (Lipinski definition) is 1. The number of rotatable bonds is 4. The predicted molar refractivity (Wildman–Crippen MR) is 83.2 cm³/mol. The van der Waals surface area contributed by atoms with Crippen molar-refractivity contribution in [3.8, 4) is 0 Å². The van der Waals surface area contributed by atoms with Gasteiger partial charge in [-0.3, -0.25) is 9.03 Å². The minimum Gasteiger partial charge on any atom is -0.271 e. The highest BCUT2D eigenvalue weighted by atomic mass is 32.2. The van der Waals surface area contributed by atoms with Crippen molar-refractivity contribution in [1.29, 1.82) is 0 Å². The van der Waals surface area contributed by atoms with Gasteiger partial charge in [0.1, 0.15) is 0 Å². The summed E-state index contributed by atoms with van der Waals surface area (Å²) in [5.74, 6) is 0.154. The molecule has 0 bridgehead atoms. The zero-order valence-electron chi connectivity index (χ0n) is 12.2. The Labute approximate surface area is 125 Å². The predicted octanol–water partition coefficient (Wildman–Crippen LogP) is 0.753. The van der Waals surface area contributed by atoms with Gasteiger partial charge < -0.3 is 0 Å². The highest BCUT2D eigenvalue weighted by Crippen LogP contribution is 2.29. The molecule has 0 spiro atoms. The van der Waals surface area contributed by atoms with Crippen LogP contribution in [-0.2, 0) is 20.2 Å². The molecule has 0 amide bonds. The van der Waals surface area contributed by atoms with Gasteiger partial charge in [0.2, 0.25) is 10.0 Å². The van der Waals surface area contributed by atoms with Crippen molar-refractivity contribution in [2.75, 3.05) is 35.4 Å². The van der Waals surface area contributed by atoms with Crippen LogP contribution in [0, 0.1) is 6.92 Å². The van der Waals surface area contributed by atoms with Crippen LogP contribution >= 0.6 is 0 Å². The first kappa shape index (κ1) is 16.1. The van der Waals surface area contributed by atoms with Gasteiger partial charge in [0, 0.05) is 20.6 Å². The van der Waals surface area contributed by atoms with Crippen LogP contribution < -0.4 is 9.03 Å². The number of aryl methyl sites for hydroxylation is 1. The average molecular weight is 333 g/mol. The van der Waals surface area contributed by atoms with Gasteiger partial charge in [0.25, 0.3) is 0 Å². The molecule has 0 unspecified atom stereocenters. The third kappa shape index (κ3) is 3.30. The van der Waals surface area contributed by atoms with Gasteiger partial charge >= 0.3 is 10.2 Å². The van der Waals surface area contributed by atoms with Crippen molar-refractivity contribution >= 4 is 31.6 Å². The first-order valence-corrected chi connectivity index (χ1v) is 9.50. The SMILES string of the molecule is Cc1cc(NS(=O)(=O)N(C)C)ccc1N1CCCS1(=O)=O. The van der Waals surface area contributed by atoms with E-state index in [0.29, 0.717) is 29.9 Å². The summed E-state index contributed by atoms with van der Waals surface area (Å²) in [4.78, 5) is 0. The normalized spacial score (nSPS) is 18.2. The Kier molecular flexibility index (Phi) is 4.18. The summed E-state index contributed by atoms with van der Waals surface area (Å²) in [6, 6.07) is 4.83. The van der Waals surface area contributed by atoms with E-state index >= 15 is 0 Å². The van der Waals surface area contributed by atoms with Crippen molar-refractivity contribution in [1.82, 2.24) is 4.31 Å². The zero-order valence-corrected chi connectivity index (χ0v) is 13.8. The number of anilines is 2. The van der Waals surface area contributed by atoms with E-state index in [4.69, 9.17) is 0 Å². The minimum atomic E-state index is -3.57. The fourth-order valence-corrected chi connectivity index (χ4v) is 4.38. The number of benzene rings is 1. The molecule has 118 valence electrons. The fourth-order valence-electron chi connectivity index (χ4n) is 2.15. The van der Waals surface area contributed by atoms with Gasteiger partial charge in [-0.2, -0.15) is 12.7 Å². The monoisotopic (exact) mass is 333 g/mol. The molecule has 0 aliphatic carbocycles. The molecule has 1 saturated heterocycles. The molecule has 9 heteroatoms. The third-order valence-corrected chi connectivity index (χ3v) is 6.60. The maximum absolute atomic E-state index is 11.9. The molecule has 0 aromatic heterocycles. The number of hydrogen-bond acceptors (Lipinski definition) is 4. The summed E-state index contributed by atoms with van der Waals surface area (Å²) in [7, 11) is -3.95. The number of nitrogens with one attached hydrogen (secondary N) is 1. The topological polar surface area (TPSA) is 86.8 Å². The molecule has 0 radical (unpaired) electrons. The molecular weight excluding hydrogens is 314 g/mol. The van der Waals surface area contributed by atoms with E-state index in [9.17, 15) is 16.8 Å². The second-order valence-corrected chi connectivity index (χ2v) is 9.03. The lowest BCUT2D eigenvalue weighted by molar-refractivity contribution is 0.527.